The zero-order chi connectivity index (χ0) is 28.0. The number of methoxy groups -OCH3 is 1. The van der Waals surface area contributed by atoms with Crippen LogP contribution >= 0.6 is 12.6 Å². The minimum Gasteiger partial charge on any atom is -0.468 e. The maximum Gasteiger partial charge on any atom is 0.408 e. The summed E-state index contributed by atoms with van der Waals surface area (Å²) in [5, 5.41) is 5.11. The predicted octanol–water partition coefficient (Wildman–Crippen LogP) is 3.23. The molecule has 1 rings (SSSR count). The second-order valence-corrected chi connectivity index (χ2v) is 9.80. The first-order valence-electron chi connectivity index (χ1n) is 12.3. The number of carbonyl (C=O) groups excluding carboxylic acids is 4. The highest BCUT2D eigenvalue weighted by Crippen LogP contribution is 2.24. The first-order chi connectivity index (χ1) is 17.5. The van der Waals surface area contributed by atoms with Gasteiger partial charge in [-0.15, -0.1) is 6.42 Å². The highest BCUT2D eigenvalue weighted by molar-refractivity contribution is 7.80. The number of amides is 3. The molecule has 1 aromatic rings. The fourth-order valence-corrected chi connectivity index (χ4v) is 3.72. The normalized spacial score (nSPS) is 12.5. The Labute approximate surface area is 225 Å². The summed E-state index contributed by atoms with van der Waals surface area (Å²) in [6.45, 7) is 7.09. The Morgan fingerprint density at radius 1 is 1.11 bits per heavy atom. The van der Waals surface area contributed by atoms with E-state index in [9.17, 15) is 19.2 Å². The average molecular weight is 534 g/mol. The van der Waals surface area contributed by atoms with E-state index in [-0.39, 0.29) is 18.8 Å². The molecule has 0 heterocycles. The van der Waals surface area contributed by atoms with Crippen LogP contribution in [0.2, 0.25) is 0 Å². The van der Waals surface area contributed by atoms with Crippen LogP contribution in [0.3, 0.4) is 0 Å². The Bertz CT molecular complexity index is 952. The lowest BCUT2D eigenvalue weighted by Gasteiger charge is -2.34. The van der Waals surface area contributed by atoms with Crippen molar-refractivity contribution in [2.75, 3.05) is 26.0 Å². The minimum atomic E-state index is -1.09. The van der Waals surface area contributed by atoms with Gasteiger partial charge in [0.15, 0.2) is 0 Å². The zero-order valence-electron chi connectivity index (χ0n) is 22.3. The number of ether oxygens (including phenoxy) is 2. The van der Waals surface area contributed by atoms with Crippen molar-refractivity contribution in [3.05, 3.63) is 35.4 Å². The number of alkyl carbamates (subject to hydrolysis) is 1. The third-order valence-corrected chi connectivity index (χ3v) is 5.66. The van der Waals surface area contributed by atoms with E-state index in [1.165, 1.54) is 12.0 Å². The second kappa shape index (κ2) is 15.8. The molecule has 0 aliphatic rings. The topological polar surface area (TPSA) is 114 Å². The van der Waals surface area contributed by atoms with Crippen molar-refractivity contribution < 1.29 is 28.7 Å². The second-order valence-electron chi connectivity index (χ2n) is 9.44. The van der Waals surface area contributed by atoms with Gasteiger partial charge >= 0.3 is 12.1 Å². The van der Waals surface area contributed by atoms with Crippen molar-refractivity contribution in [1.82, 2.24) is 15.5 Å². The Kier molecular flexibility index (Phi) is 13.6. The molecule has 37 heavy (non-hydrogen) atoms. The Hall–Kier alpha value is -3.19. The van der Waals surface area contributed by atoms with Crippen molar-refractivity contribution >= 4 is 36.5 Å². The van der Waals surface area contributed by atoms with Gasteiger partial charge in [-0.2, -0.15) is 12.6 Å². The van der Waals surface area contributed by atoms with Crippen molar-refractivity contribution in [1.29, 1.82) is 0 Å². The van der Waals surface area contributed by atoms with Crippen molar-refractivity contribution in [2.24, 2.45) is 0 Å². The summed E-state index contributed by atoms with van der Waals surface area (Å²) in [6.07, 6.45) is 8.14. The molecule has 0 saturated heterocycles. The highest BCUT2D eigenvalue weighted by atomic mass is 32.1. The fraction of sp³-hybridized carbons (Fsp3) is 0.556. The molecule has 9 nitrogen and oxygen atoms in total. The first-order valence-corrected chi connectivity index (χ1v) is 12.9. The van der Waals surface area contributed by atoms with E-state index in [0.29, 0.717) is 17.5 Å². The Balaban J connectivity index is 3.40. The molecule has 0 aliphatic carbocycles. The standard InChI is InChI=1S/C27H39N3O6S/c1-7-9-10-11-16-30(25(33)21(18-37)29-26(34)36-27(3,4)5)23(24(32)28-17-22(31)35-6)20-14-12-19(8-2)13-15-20/h2,12-15,21,23,37H,7,9-11,16-18H2,1,3-6H3,(H,28,32)(H,29,34). The molecule has 2 atom stereocenters. The van der Waals surface area contributed by atoms with Crippen LogP contribution in [0.15, 0.2) is 24.3 Å². The van der Waals surface area contributed by atoms with Gasteiger partial charge in [-0.1, -0.05) is 44.2 Å². The smallest absolute Gasteiger partial charge is 0.408 e. The van der Waals surface area contributed by atoms with Crippen LogP contribution in [0.5, 0.6) is 0 Å². The van der Waals surface area contributed by atoms with Gasteiger partial charge in [0.2, 0.25) is 11.8 Å². The van der Waals surface area contributed by atoms with Crippen molar-refractivity contribution in [3.63, 3.8) is 0 Å². The number of carbonyl (C=O) groups is 4. The number of thiol groups is 1. The van der Waals surface area contributed by atoms with Gasteiger partial charge in [0.25, 0.3) is 0 Å². The third-order valence-electron chi connectivity index (χ3n) is 5.30. The van der Waals surface area contributed by atoms with Crippen LogP contribution in [-0.4, -0.2) is 66.4 Å². The largest absolute Gasteiger partial charge is 0.468 e. The van der Waals surface area contributed by atoms with E-state index in [0.717, 1.165) is 19.3 Å². The van der Waals surface area contributed by atoms with Gasteiger partial charge in [0, 0.05) is 17.9 Å². The number of nitrogens with zero attached hydrogens (tertiary/aromatic N) is 1. The number of terminal acetylenes is 1. The Morgan fingerprint density at radius 3 is 2.27 bits per heavy atom. The van der Waals surface area contributed by atoms with Crippen LogP contribution in [-0.2, 0) is 23.9 Å². The zero-order valence-corrected chi connectivity index (χ0v) is 23.2. The average Bonchev–Trinajstić information content (AvgIpc) is 2.86. The molecule has 3 amide bonds. The van der Waals surface area contributed by atoms with Crippen LogP contribution in [0.25, 0.3) is 0 Å². The summed E-state index contributed by atoms with van der Waals surface area (Å²) >= 11 is 4.27. The molecule has 0 bridgehead atoms. The van der Waals surface area contributed by atoms with E-state index < -0.39 is 41.6 Å². The monoisotopic (exact) mass is 533 g/mol. The molecule has 0 radical (unpaired) electrons. The maximum absolute atomic E-state index is 13.8. The van der Waals surface area contributed by atoms with Crippen molar-refractivity contribution in [2.45, 2.75) is 71.1 Å². The summed E-state index contributed by atoms with van der Waals surface area (Å²) in [5.41, 5.74) is 0.349. The molecule has 2 unspecified atom stereocenters. The molecule has 0 spiro atoms. The molecular weight excluding hydrogens is 494 g/mol. The number of esters is 1. The number of nitrogens with one attached hydrogen (secondary N) is 2. The van der Waals surface area contributed by atoms with E-state index in [4.69, 9.17) is 11.2 Å². The van der Waals surface area contributed by atoms with E-state index >= 15 is 0 Å². The van der Waals surface area contributed by atoms with Crippen LogP contribution in [0, 0.1) is 12.3 Å². The predicted molar refractivity (Wildman–Crippen MR) is 145 cm³/mol. The third kappa shape index (κ3) is 11.2. The van der Waals surface area contributed by atoms with Gasteiger partial charge < -0.3 is 25.0 Å². The number of benzene rings is 1. The Morgan fingerprint density at radius 2 is 1.76 bits per heavy atom. The number of rotatable bonds is 13. The highest BCUT2D eigenvalue weighted by Gasteiger charge is 2.35. The summed E-state index contributed by atoms with van der Waals surface area (Å²) in [5.74, 6) is 0.802. The van der Waals surface area contributed by atoms with Crippen LogP contribution in [0.4, 0.5) is 4.79 Å². The van der Waals surface area contributed by atoms with E-state index in [1.807, 2.05) is 0 Å². The minimum absolute atomic E-state index is 0.0178. The van der Waals surface area contributed by atoms with E-state index in [1.54, 1.807) is 45.0 Å². The number of hydrogen-bond acceptors (Lipinski definition) is 7. The van der Waals surface area contributed by atoms with Gasteiger partial charge in [0.1, 0.15) is 24.2 Å². The van der Waals surface area contributed by atoms with E-state index in [2.05, 4.69) is 40.8 Å². The molecular formula is C27H39N3O6S. The molecule has 0 saturated carbocycles. The number of unbranched alkanes of at least 4 members (excludes halogenated alkanes) is 3. The lowest BCUT2D eigenvalue weighted by atomic mass is 10.0. The molecule has 0 aromatic heterocycles. The van der Waals surface area contributed by atoms with Crippen molar-refractivity contribution in [3.8, 4) is 12.3 Å². The van der Waals surface area contributed by atoms with Gasteiger partial charge in [-0.25, -0.2) is 4.79 Å². The molecule has 0 aliphatic heterocycles. The molecule has 2 N–H and O–H groups in total. The quantitative estimate of drug-likeness (QED) is 0.155. The number of hydrogen-bond donors (Lipinski definition) is 3. The maximum atomic E-state index is 13.8. The van der Waals surface area contributed by atoms with Gasteiger partial charge in [-0.3, -0.25) is 14.4 Å². The first kappa shape index (κ1) is 31.8. The summed E-state index contributed by atoms with van der Waals surface area (Å²) in [7, 11) is 1.22. The molecule has 1 aromatic carbocycles. The SMILES string of the molecule is C#Cc1ccc(C(C(=O)NCC(=O)OC)N(CCCCCC)C(=O)C(CS)NC(=O)OC(C)(C)C)cc1. The lowest BCUT2D eigenvalue weighted by molar-refractivity contribution is -0.144. The fourth-order valence-electron chi connectivity index (χ4n) is 3.47. The summed E-state index contributed by atoms with van der Waals surface area (Å²) in [6, 6.07) is 4.54. The molecule has 0 fully saturated rings. The van der Waals surface area contributed by atoms with Gasteiger partial charge in [0.05, 0.1) is 7.11 Å². The lowest BCUT2D eigenvalue weighted by Crippen LogP contribution is -2.54. The van der Waals surface area contributed by atoms with Gasteiger partial charge in [-0.05, 0) is 44.9 Å². The summed E-state index contributed by atoms with van der Waals surface area (Å²) < 4.78 is 9.93. The summed E-state index contributed by atoms with van der Waals surface area (Å²) in [4.78, 5) is 52.7. The molecule has 10 heteroatoms. The van der Waals surface area contributed by atoms with Crippen LogP contribution in [0.1, 0.15) is 70.5 Å². The molecule has 204 valence electrons. The van der Waals surface area contributed by atoms with Crippen LogP contribution < -0.4 is 10.6 Å².